The molecule has 0 radical (unpaired) electrons. The highest BCUT2D eigenvalue weighted by atomic mass is 16.3. The van der Waals surface area contributed by atoms with Gasteiger partial charge >= 0.3 is 0 Å². The number of rotatable bonds is 3. The molecule has 0 amide bonds. The van der Waals surface area contributed by atoms with Crippen molar-refractivity contribution < 1.29 is 10.2 Å². The van der Waals surface area contributed by atoms with Crippen molar-refractivity contribution in [1.82, 2.24) is 0 Å². The van der Waals surface area contributed by atoms with Crippen LogP contribution in [0.15, 0.2) is 0 Å². The molecule has 3 nitrogen and oxygen atoms in total. The Hall–Kier alpha value is -0.120. The zero-order valence-corrected chi connectivity index (χ0v) is 7.89. The van der Waals surface area contributed by atoms with Crippen LogP contribution in [0.4, 0.5) is 0 Å². The summed E-state index contributed by atoms with van der Waals surface area (Å²) in [5, 5.41) is 18.7. The molecule has 2 rings (SSSR count). The lowest BCUT2D eigenvalue weighted by Gasteiger charge is -2.29. The van der Waals surface area contributed by atoms with Crippen LogP contribution in [0.3, 0.4) is 0 Å². The summed E-state index contributed by atoms with van der Waals surface area (Å²) in [6, 6.07) is -0.440. The summed E-state index contributed by atoms with van der Waals surface area (Å²) in [4.78, 5) is 0. The van der Waals surface area contributed by atoms with E-state index in [0.717, 1.165) is 12.3 Å². The molecular weight excluding hydrogens is 166 g/mol. The first-order valence-corrected chi connectivity index (χ1v) is 5.27. The minimum absolute atomic E-state index is 0.102. The third kappa shape index (κ3) is 1.60. The first-order chi connectivity index (χ1) is 6.22. The topological polar surface area (TPSA) is 66.5 Å². The highest BCUT2D eigenvalue weighted by molar-refractivity contribution is 4.95. The van der Waals surface area contributed by atoms with Crippen LogP contribution in [0.2, 0.25) is 0 Å². The third-order valence-corrected chi connectivity index (χ3v) is 3.88. The summed E-state index contributed by atoms with van der Waals surface area (Å²) in [5.74, 6) is 1.87. The second-order valence-electron chi connectivity index (χ2n) is 4.68. The van der Waals surface area contributed by atoms with Gasteiger partial charge < -0.3 is 15.9 Å². The molecule has 0 saturated heterocycles. The second kappa shape index (κ2) is 3.56. The lowest BCUT2D eigenvalue weighted by atomic mass is 9.82. The molecule has 76 valence electrons. The molecule has 0 spiro atoms. The molecule has 4 N–H and O–H groups in total. The fourth-order valence-electron chi connectivity index (χ4n) is 3.14. The van der Waals surface area contributed by atoms with E-state index in [1.807, 2.05) is 0 Å². The molecular formula is C10H19NO2. The number of hydrogen-bond acceptors (Lipinski definition) is 3. The second-order valence-corrected chi connectivity index (χ2v) is 4.68. The normalized spacial score (nSPS) is 42.2. The Morgan fingerprint density at radius 3 is 2.54 bits per heavy atom. The van der Waals surface area contributed by atoms with Crippen molar-refractivity contribution >= 4 is 0 Å². The van der Waals surface area contributed by atoms with Gasteiger partial charge in [-0.2, -0.15) is 0 Å². The van der Waals surface area contributed by atoms with Crippen molar-refractivity contribution in [2.45, 2.75) is 37.8 Å². The molecule has 0 aromatic heterocycles. The summed E-state index contributed by atoms with van der Waals surface area (Å²) >= 11 is 0. The van der Waals surface area contributed by atoms with Crippen LogP contribution in [0.25, 0.3) is 0 Å². The molecule has 2 saturated carbocycles. The lowest BCUT2D eigenvalue weighted by Crippen LogP contribution is -2.44. The van der Waals surface area contributed by atoms with E-state index in [1.165, 1.54) is 19.3 Å². The van der Waals surface area contributed by atoms with Crippen molar-refractivity contribution in [2.24, 2.45) is 23.5 Å². The SMILES string of the molecule is N[C@H](CO)[C@@H](O)[C@H]1C[C@H]2CC[C@H]1C2. The van der Waals surface area contributed by atoms with Gasteiger partial charge in [0.2, 0.25) is 0 Å². The quantitative estimate of drug-likeness (QED) is 0.584. The monoisotopic (exact) mass is 185 g/mol. The number of hydrogen-bond donors (Lipinski definition) is 3. The van der Waals surface area contributed by atoms with Crippen LogP contribution in [-0.4, -0.2) is 29.0 Å². The molecule has 5 atom stereocenters. The standard InChI is InChI=1S/C10H19NO2/c11-9(5-12)10(13)8-4-6-1-2-7(8)3-6/h6-10,12-13H,1-5,11H2/t6-,7-,8-,9+,10-/m0/s1. The van der Waals surface area contributed by atoms with E-state index < -0.39 is 12.1 Å². The molecule has 13 heavy (non-hydrogen) atoms. The Bertz CT molecular complexity index is 186. The van der Waals surface area contributed by atoms with E-state index in [2.05, 4.69) is 0 Å². The minimum Gasteiger partial charge on any atom is -0.395 e. The first-order valence-electron chi connectivity index (χ1n) is 5.27. The van der Waals surface area contributed by atoms with Crippen molar-refractivity contribution in [3.05, 3.63) is 0 Å². The minimum atomic E-state index is -0.486. The largest absolute Gasteiger partial charge is 0.395 e. The molecule has 2 aliphatic rings. The van der Waals surface area contributed by atoms with Crippen molar-refractivity contribution in [2.75, 3.05) is 6.61 Å². The average Bonchev–Trinajstić information content (AvgIpc) is 2.76. The van der Waals surface area contributed by atoms with E-state index in [1.54, 1.807) is 0 Å². The Kier molecular flexibility index (Phi) is 2.58. The highest BCUT2D eigenvalue weighted by Gasteiger charge is 2.43. The van der Waals surface area contributed by atoms with Gasteiger partial charge in [0.1, 0.15) is 0 Å². The fourth-order valence-corrected chi connectivity index (χ4v) is 3.14. The summed E-state index contributed by atoms with van der Waals surface area (Å²) in [6.07, 6.45) is 4.51. The van der Waals surface area contributed by atoms with Gasteiger partial charge in [0, 0.05) is 0 Å². The van der Waals surface area contributed by atoms with Gasteiger partial charge in [-0.1, -0.05) is 6.42 Å². The van der Waals surface area contributed by atoms with E-state index >= 15 is 0 Å². The molecule has 0 aromatic rings. The summed E-state index contributed by atoms with van der Waals surface area (Å²) < 4.78 is 0. The molecule has 0 unspecified atom stereocenters. The average molecular weight is 185 g/mol. The van der Waals surface area contributed by atoms with Crippen molar-refractivity contribution in [3.8, 4) is 0 Å². The Morgan fingerprint density at radius 1 is 1.31 bits per heavy atom. The molecule has 0 aromatic carbocycles. The van der Waals surface area contributed by atoms with Crippen LogP contribution < -0.4 is 5.73 Å². The Labute approximate surface area is 78.9 Å². The Morgan fingerprint density at radius 2 is 2.08 bits per heavy atom. The van der Waals surface area contributed by atoms with E-state index in [-0.39, 0.29) is 6.61 Å². The van der Waals surface area contributed by atoms with Crippen LogP contribution >= 0.6 is 0 Å². The van der Waals surface area contributed by atoms with Crippen molar-refractivity contribution in [1.29, 1.82) is 0 Å². The van der Waals surface area contributed by atoms with Gasteiger partial charge in [-0.25, -0.2) is 0 Å². The maximum absolute atomic E-state index is 9.85. The molecule has 2 bridgehead atoms. The van der Waals surface area contributed by atoms with Crippen LogP contribution in [0.1, 0.15) is 25.7 Å². The maximum atomic E-state index is 9.85. The number of aliphatic hydroxyl groups excluding tert-OH is 2. The number of nitrogens with two attached hydrogens (primary N) is 1. The van der Waals surface area contributed by atoms with Gasteiger partial charge in [-0.05, 0) is 37.0 Å². The number of aliphatic hydroxyl groups is 2. The van der Waals surface area contributed by atoms with E-state index in [0.29, 0.717) is 11.8 Å². The summed E-state index contributed by atoms with van der Waals surface area (Å²) in [6.45, 7) is -0.102. The Balaban J connectivity index is 1.94. The lowest BCUT2D eigenvalue weighted by molar-refractivity contribution is 0.0350. The maximum Gasteiger partial charge on any atom is 0.0744 e. The van der Waals surface area contributed by atoms with Gasteiger partial charge in [0.25, 0.3) is 0 Å². The fraction of sp³-hybridized carbons (Fsp3) is 1.00. The van der Waals surface area contributed by atoms with Gasteiger partial charge in [0.05, 0.1) is 18.8 Å². The molecule has 0 heterocycles. The first kappa shape index (κ1) is 9.44. The predicted octanol–water partition coefficient (Wildman–Crippen LogP) is 0.103. The van der Waals surface area contributed by atoms with Crippen LogP contribution in [0.5, 0.6) is 0 Å². The predicted molar refractivity (Wildman–Crippen MR) is 50.0 cm³/mol. The zero-order valence-electron chi connectivity index (χ0n) is 7.89. The van der Waals surface area contributed by atoms with Gasteiger partial charge in [-0.15, -0.1) is 0 Å². The molecule has 2 fully saturated rings. The zero-order chi connectivity index (χ0) is 9.42. The summed E-state index contributed by atoms with van der Waals surface area (Å²) in [7, 11) is 0. The smallest absolute Gasteiger partial charge is 0.0744 e. The third-order valence-electron chi connectivity index (χ3n) is 3.88. The summed E-state index contributed by atoms with van der Waals surface area (Å²) in [5.41, 5.74) is 5.63. The van der Waals surface area contributed by atoms with Gasteiger partial charge in [-0.3, -0.25) is 0 Å². The van der Waals surface area contributed by atoms with Gasteiger partial charge in [0.15, 0.2) is 0 Å². The van der Waals surface area contributed by atoms with Crippen LogP contribution in [-0.2, 0) is 0 Å². The number of fused-ring (bicyclic) bond motifs is 2. The molecule has 2 aliphatic carbocycles. The highest BCUT2D eigenvalue weighted by Crippen LogP contribution is 2.49. The van der Waals surface area contributed by atoms with Crippen molar-refractivity contribution in [3.63, 3.8) is 0 Å². The van der Waals surface area contributed by atoms with E-state index in [9.17, 15) is 5.11 Å². The van der Waals surface area contributed by atoms with Crippen LogP contribution in [0, 0.1) is 17.8 Å². The van der Waals surface area contributed by atoms with E-state index in [4.69, 9.17) is 10.8 Å². The molecule has 0 aliphatic heterocycles. The molecule has 3 heteroatoms.